The number of aliphatic hydroxyl groups excluding tert-OH is 12. The molecule has 44 heavy (non-hydrogen) atoms. The molecule has 0 aliphatic rings. The molecule has 0 fully saturated rings. The van der Waals surface area contributed by atoms with Crippen LogP contribution in [0, 0.1) is 0 Å². The Bertz CT molecular complexity index is 470. The Kier molecular flexibility index (Phi) is 39.8. The maximum atomic E-state index is 8.86. The molecule has 0 bridgehead atoms. The molecule has 0 atom stereocenters. The lowest BCUT2D eigenvalue weighted by Crippen LogP contribution is -2.24. The van der Waals surface area contributed by atoms with Crippen LogP contribution in [0.2, 0.25) is 0 Å². The van der Waals surface area contributed by atoms with Gasteiger partial charge in [-0.1, -0.05) is 0 Å². The average Bonchev–Trinajstić information content (AvgIpc) is 2.90. The summed E-state index contributed by atoms with van der Waals surface area (Å²) in [5.74, 6) is 0. The van der Waals surface area contributed by atoms with Crippen LogP contribution in [0.5, 0.6) is 0 Å². The van der Waals surface area contributed by atoms with E-state index in [0.717, 1.165) is 0 Å². The Morgan fingerprint density at radius 3 is 0.409 bits per heavy atom. The Hall–Kier alpha value is 0.920. The van der Waals surface area contributed by atoms with Crippen molar-refractivity contribution < 1.29 is 80.5 Å². The SMILES string of the molecule is O=P([O-])([O-])[O-].OCC[P+](CCO)(CCO)CCO.OCC[P+](CCO)(CCO)CCO.OCC[P+](CCO)(CCO)CCO. The minimum Gasteiger partial charge on any atom is -0.822 e. The van der Waals surface area contributed by atoms with Crippen LogP contribution in [0.15, 0.2) is 0 Å². The molecule has 0 amide bonds. The van der Waals surface area contributed by atoms with Crippen LogP contribution in [0.1, 0.15) is 0 Å². The molecule has 0 aromatic heterocycles. The molecule has 20 heteroatoms. The van der Waals surface area contributed by atoms with E-state index in [0.29, 0.717) is 73.9 Å². The highest BCUT2D eigenvalue weighted by Crippen LogP contribution is 2.58. The third-order valence-corrected chi connectivity index (χ3v) is 20.7. The molecule has 0 aromatic carbocycles. The van der Waals surface area contributed by atoms with E-state index in [4.69, 9.17) is 80.5 Å². The molecule has 0 saturated heterocycles. The molecule has 16 nitrogen and oxygen atoms in total. The summed E-state index contributed by atoms with van der Waals surface area (Å²) in [6.45, 7) is 0.926. The number of aliphatic hydroxyl groups is 12. The molecule has 0 rings (SSSR count). The Morgan fingerprint density at radius 1 is 0.295 bits per heavy atom. The second kappa shape index (κ2) is 33.8. The molecule has 0 spiro atoms. The fourth-order valence-corrected chi connectivity index (χ4v) is 13.7. The van der Waals surface area contributed by atoms with E-state index in [9.17, 15) is 0 Å². The Balaban J connectivity index is -0.000000253. The summed E-state index contributed by atoms with van der Waals surface area (Å²) < 4.78 is 8.55. The number of phosphoric acid groups is 1. The van der Waals surface area contributed by atoms with Gasteiger partial charge in [-0.3, -0.25) is 0 Å². The zero-order valence-electron chi connectivity index (χ0n) is 25.8. The van der Waals surface area contributed by atoms with Crippen molar-refractivity contribution in [3.05, 3.63) is 0 Å². The van der Waals surface area contributed by atoms with Crippen LogP contribution in [0.3, 0.4) is 0 Å². The van der Waals surface area contributed by atoms with Gasteiger partial charge in [-0.2, -0.15) is 7.82 Å². The van der Waals surface area contributed by atoms with Gasteiger partial charge in [0.1, 0.15) is 0 Å². The quantitative estimate of drug-likeness (QED) is 0.0412. The van der Waals surface area contributed by atoms with Gasteiger partial charge in [0, 0.05) is 21.8 Å². The highest BCUT2D eigenvalue weighted by atomic mass is 31.2. The molecule has 0 radical (unpaired) electrons. The van der Waals surface area contributed by atoms with E-state index in [1.165, 1.54) is 0 Å². The van der Waals surface area contributed by atoms with Gasteiger partial charge in [0.2, 0.25) is 0 Å². The molecule has 0 saturated carbocycles. The largest absolute Gasteiger partial charge is 0.822 e. The third kappa shape index (κ3) is 31.5. The lowest BCUT2D eigenvalue weighted by molar-refractivity contribution is -0.432. The molecule has 0 unspecified atom stereocenters. The summed E-state index contributed by atoms with van der Waals surface area (Å²) in [7, 11) is -9.88. The van der Waals surface area contributed by atoms with Gasteiger partial charge in [0.25, 0.3) is 0 Å². The second-order valence-electron chi connectivity index (χ2n) is 9.84. The zero-order chi connectivity index (χ0) is 35.0. The maximum absolute atomic E-state index is 8.86. The Labute approximate surface area is 263 Å². The summed E-state index contributed by atoms with van der Waals surface area (Å²) in [6.07, 6.45) is 7.60. The highest BCUT2D eigenvalue weighted by molar-refractivity contribution is 7.76. The smallest absolute Gasteiger partial charge is 0.0827 e. The van der Waals surface area contributed by atoms with Crippen molar-refractivity contribution in [2.75, 3.05) is 153 Å². The van der Waals surface area contributed by atoms with Crippen LogP contribution < -0.4 is 14.7 Å². The predicted molar refractivity (Wildman–Crippen MR) is 172 cm³/mol. The van der Waals surface area contributed by atoms with E-state index in [1.54, 1.807) is 0 Å². The summed E-state index contributed by atoms with van der Waals surface area (Å²) in [4.78, 5) is 25.6. The van der Waals surface area contributed by atoms with E-state index in [-0.39, 0.29) is 79.3 Å². The first-order chi connectivity index (χ1) is 20.7. The van der Waals surface area contributed by atoms with Crippen molar-refractivity contribution in [1.29, 1.82) is 0 Å². The lowest BCUT2D eigenvalue weighted by atomic mass is 10.8. The first kappa shape index (κ1) is 51.7. The van der Waals surface area contributed by atoms with Crippen LogP contribution in [-0.4, -0.2) is 215 Å². The van der Waals surface area contributed by atoms with Crippen LogP contribution >= 0.6 is 29.6 Å². The van der Waals surface area contributed by atoms with Crippen molar-refractivity contribution in [2.24, 2.45) is 0 Å². The van der Waals surface area contributed by atoms with Crippen LogP contribution in [0.25, 0.3) is 0 Å². The van der Waals surface area contributed by atoms with Gasteiger partial charge in [0.05, 0.1) is 153 Å². The van der Waals surface area contributed by atoms with Crippen molar-refractivity contribution in [1.82, 2.24) is 0 Å². The van der Waals surface area contributed by atoms with Gasteiger partial charge in [0.15, 0.2) is 0 Å². The fraction of sp³-hybridized carbons (Fsp3) is 1.00. The normalized spacial score (nSPS) is 12.0. The lowest BCUT2D eigenvalue weighted by Gasteiger charge is -2.36. The minimum atomic E-state index is -5.39. The molecular weight excluding hydrogens is 668 g/mol. The van der Waals surface area contributed by atoms with E-state index < -0.39 is 29.6 Å². The van der Waals surface area contributed by atoms with Crippen LogP contribution in [-0.2, 0) is 4.57 Å². The summed E-state index contributed by atoms with van der Waals surface area (Å²) in [5.41, 5.74) is 0. The van der Waals surface area contributed by atoms with Crippen molar-refractivity contribution in [3.63, 3.8) is 0 Å². The van der Waals surface area contributed by atoms with Crippen molar-refractivity contribution >= 4 is 29.6 Å². The van der Waals surface area contributed by atoms with Crippen molar-refractivity contribution in [2.45, 2.75) is 0 Å². The summed E-state index contributed by atoms with van der Waals surface area (Å²) in [5, 5.41) is 106. The number of hydrogen-bond donors (Lipinski definition) is 12. The van der Waals surface area contributed by atoms with Gasteiger partial charge in [-0.05, 0) is 0 Å². The Morgan fingerprint density at radius 2 is 0.364 bits per heavy atom. The minimum absolute atomic E-state index is 0.0772. The highest BCUT2D eigenvalue weighted by Gasteiger charge is 2.36. The molecule has 272 valence electrons. The second-order valence-corrected chi connectivity index (χ2v) is 24.1. The van der Waals surface area contributed by atoms with E-state index in [2.05, 4.69) is 0 Å². The van der Waals surface area contributed by atoms with Gasteiger partial charge in [-0.15, -0.1) is 0 Å². The molecule has 0 heterocycles. The summed E-state index contributed by atoms with van der Waals surface area (Å²) in [6, 6.07) is 0. The van der Waals surface area contributed by atoms with Gasteiger partial charge >= 0.3 is 0 Å². The van der Waals surface area contributed by atoms with Crippen molar-refractivity contribution in [3.8, 4) is 0 Å². The molecule has 0 aliphatic heterocycles. The van der Waals surface area contributed by atoms with E-state index >= 15 is 0 Å². The fourth-order valence-electron chi connectivity index (χ4n) is 4.56. The van der Waals surface area contributed by atoms with Gasteiger partial charge in [-0.25, -0.2) is 0 Å². The zero-order valence-corrected chi connectivity index (χ0v) is 29.3. The topological polar surface area (TPSA) is 329 Å². The standard InChI is InChI=1S/3C8H20O4P.H3O4P/c3*9-1-5-13(6-2-10,7-3-11)8-4-12;1-5(2,3)4/h3*9-12H,1-8H2;(H3,1,2,3,4)/q3*+1;/p-3. The molecule has 0 aliphatic carbocycles. The van der Waals surface area contributed by atoms with Crippen LogP contribution in [0.4, 0.5) is 0 Å². The average molecular weight is 729 g/mol. The number of rotatable bonds is 24. The first-order valence-corrected chi connectivity index (χ1v) is 23.4. The molecule has 0 aromatic rings. The van der Waals surface area contributed by atoms with Gasteiger partial charge < -0.3 is 80.5 Å². The molecular formula is C24H60O16P4. The maximum Gasteiger partial charge on any atom is 0.0827 e. The third-order valence-electron chi connectivity index (χ3n) is 6.89. The summed E-state index contributed by atoms with van der Waals surface area (Å²) >= 11 is 0. The monoisotopic (exact) mass is 728 g/mol. The predicted octanol–water partition coefficient (Wildman–Crippen LogP) is -5.90. The number of hydrogen-bond acceptors (Lipinski definition) is 16. The first-order valence-electron chi connectivity index (χ1n) is 14.3. The van der Waals surface area contributed by atoms with E-state index in [1.807, 2.05) is 0 Å². The molecule has 12 N–H and O–H groups in total.